The number of hydrogen-bond donors (Lipinski definition) is 1. The third-order valence-electron chi connectivity index (χ3n) is 5.83. The van der Waals surface area contributed by atoms with Crippen LogP contribution >= 0.6 is 25.1 Å². The molecule has 3 aromatic rings. The van der Waals surface area contributed by atoms with E-state index in [1.54, 1.807) is 7.11 Å². The van der Waals surface area contributed by atoms with Gasteiger partial charge < -0.3 is 14.2 Å². The van der Waals surface area contributed by atoms with E-state index in [1.165, 1.54) is 0 Å². The molecule has 0 unspecified atom stereocenters. The van der Waals surface area contributed by atoms with Crippen molar-refractivity contribution >= 4 is 36.5 Å². The maximum Gasteiger partial charge on any atom is 0.154 e. The summed E-state index contributed by atoms with van der Waals surface area (Å²) >= 11 is 6.34. The Labute approximate surface area is 194 Å². The maximum atomic E-state index is 12.7. The van der Waals surface area contributed by atoms with Gasteiger partial charge in [0.1, 0.15) is 11.4 Å². The molecule has 1 saturated heterocycles. The number of imidazole rings is 1. The van der Waals surface area contributed by atoms with Gasteiger partial charge in [0.05, 0.1) is 23.9 Å². The average molecular weight is 462 g/mol. The number of fused-ring (bicyclic) bond motifs is 1. The molecular weight excluding hydrogens is 434 g/mol. The highest BCUT2D eigenvalue weighted by Crippen LogP contribution is 2.34. The molecule has 0 amide bonds. The molecule has 3 heterocycles. The molecule has 8 heteroatoms. The SMILES string of the molecule is COc1cc(CCO)c(-c2cn3ccc(CC(=O)[C@@H]4CCCN4C)cc3n2)cc1Cl.S. The standard InChI is InChI=1S/C23H26ClN3O3.H2S/c1-26-7-3-4-20(26)21(29)10-15-5-8-27-14-19(25-23(27)11-15)17-13-18(24)22(30-2)12-16(17)6-9-28;/h5,8,11-14,20,28H,3-4,6-7,9-10H2,1-2H3;1H2/t20-;/m0./s1. The van der Waals surface area contributed by atoms with E-state index in [0.717, 1.165) is 47.4 Å². The summed E-state index contributed by atoms with van der Waals surface area (Å²) in [5.74, 6) is 0.837. The van der Waals surface area contributed by atoms with Crippen molar-refractivity contribution in [3.05, 3.63) is 52.8 Å². The number of rotatable bonds is 7. The van der Waals surface area contributed by atoms with E-state index in [2.05, 4.69) is 4.90 Å². The number of ether oxygens (including phenoxy) is 1. The number of likely N-dealkylation sites (N-methyl/N-ethyl adjacent to an activating group) is 1. The molecule has 4 rings (SSSR count). The van der Waals surface area contributed by atoms with Gasteiger partial charge in [-0.2, -0.15) is 13.5 Å². The first-order valence-corrected chi connectivity index (χ1v) is 10.6. The molecule has 1 atom stereocenters. The van der Waals surface area contributed by atoms with Crippen LogP contribution in [0.5, 0.6) is 5.75 Å². The van der Waals surface area contributed by atoms with Crippen LogP contribution in [0.1, 0.15) is 24.0 Å². The number of likely N-dealkylation sites (tertiary alicyclic amines) is 1. The molecule has 1 N–H and O–H groups in total. The molecule has 0 aliphatic carbocycles. The van der Waals surface area contributed by atoms with E-state index in [4.69, 9.17) is 21.3 Å². The van der Waals surface area contributed by atoms with Crippen LogP contribution < -0.4 is 4.74 Å². The molecular formula is C23H28ClN3O3S. The van der Waals surface area contributed by atoms with Gasteiger partial charge in [-0.1, -0.05) is 11.6 Å². The van der Waals surface area contributed by atoms with Gasteiger partial charge in [0, 0.05) is 31.0 Å². The molecule has 6 nitrogen and oxygen atoms in total. The highest BCUT2D eigenvalue weighted by Gasteiger charge is 2.27. The van der Waals surface area contributed by atoms with Crippen molar-refractivity contribution in [3.8, 4) is 17.0 Å². The Morgan fingerprint density at radius 3 is 2.84 bits per heavy atom. The van der Waals surface area contributed by atoms with E-state index in [9.17, 15) is 9.90 Å². The van der Waals surface area contributed by atoms with Crippen molar-refractivity contribution in [2.45, 2.75) is 31.7 Å². The monoisotopic (exact) mass is 461 g/mol. The minimum absolute atomic E-state index is 0. The number of carbonyl (C=O) groups is 1. The molecule has 2 aromatic heterocycles. The van der Waals surface area contributed by atoms with Crippen molar-refractivity contribution < 1.29 is 14.6 Å². The van der Waals surface area contributed by atoms with E-state index < -0.39 is 0 Å². The van der Waals surface area contributed by atoms with Gasteiger partial charge in [-0.05, 0) is 68.2 Å². The quantitative estimate of drug-likeness (QED) is 0.583. The van der Waals surface area contributed by atoms with Crippen LogP contribution in [-0.2, 0) is 17.6 Å². The van der Waals surface area contributed by atoms with Gasteiger partial charge in [0.15, 0.2) is 5.78 Å². The van der Waals surface area contributed by atoms with Crippen LogP contribution in [0.4, 0.5) is 0 Å². The number of aliphatic hydroxyl groups excluding tert-OH is 1. The predicted octanol–water partition coefficient (Wildman–Crippen LogP) is 3.52. The van der Waals surface area contributed by atoms with Crippen LogP contribution in [0, 0.1) is 0 Å². The number of pyridine rings is 1. The minimum atomic E-state index is 0. The number of Topliss-reactive ketones (excluding diaryl/α,β-unsaturated/α-hetero) is 1. The molecule has 1 fully saturated rings. The van der Waals surface area contributed by atoms with Gasteiger partial charge in [0.25, 0.3) is 0 Å². The fourth-order valence-corrected chi connectivity index (χ4v) is 4.46. The Morgan fingerprint density at radius 2 is 2.16 bits per heavy atom. The summed E-state index contributed by atoms with van der Waals surface area (Å²) in [4.78, 5) is 19.6. The summed E-state index contributed by atoms with van der Waals surface area (Å²) in [5.41, 5.74) is 4.29. The normalized spacial score (nSPS) is 16.5. The highest BCUT2D eigenvalue weighted by molar-refractivity contribution is 7.59. The first kappa shape index (κ1) is 23.6. The van der Waals surface area contributed by atoms with E-state index in [0.29, 0.717) is 23.6 Å². The zero-order chi connectivity index (χ0) is 21.3. The van der Waals surface area contributed by atoms with Gasteiger partial charge in [-0.3, -0.25) is 9.69 Å². The molecule has 0 spiro atoms. The first-order valence-electron chi connectivity index (χ1n) is 10.2. The Morgan fingerprint density at radius 1 is 1.35 bits per heavy atom. The molecule has 1 aliphatic heterocycles. The Hall–Kier alpha value is -2.06. The molecule has 166 valence electrons. The second kappa shape index (κ2) is 10.0. The number of ketones is 1. The summed E-state index contributed by atoms with van der Waals surface area (Å²) in [6.07, 6.45) is 6.78. The Bertz CT molecular complexity index is 1090. The predicted molar refractivity (Wildman–Crippen MR) is 128 cm³/mol. The second-order valence-corrected chi connectivity index (χ2v) is 8.23. The van der Waals surface area contributed by atoms with Crippen molar-refractivity contribution in [2.75, 3.05) is 27.3 Å². The molecule has 0 bridgehead atoms. The lowest BCUT2D eigenvalue weighted by Crippen LogP contribution is -2.33. The van der Waals surface area contributed by atoms with Crippen LogP contribution in [-0.4, -0.2) is 58.5 Å². The number of aromatic nitrogens is 2. The van der Waals surface area contributed by atoms with E-state index in [1.807, 2.05) is 48.1 Å². The van der Waals surface area contributed by atoms with Gasteiger partial charge in [-0.15, -0.1) is 0 Å². The number of hydrogen-bond acceptors (Lipinski definition) is 5. The van der Waals surface area contributed by atoms with Gasteiger partial charge in [0.2, 0.25) is 0 Å². The van der Waals surface area contributed by atoms with Crippen molar-refractivity contribution in [2.24, 2.45) is 0 Å². The largest absolute Gasteiger partial charge is 0.495 e. The summed E-state index contributed by atoms with van der Waals surface area (Å²) in [5, 5.41) is 9.96. The van der Waals surface area contributed by atoms with Crippen molar-refractivity contribution in [1.29, 1.82) is 0 Å². The fourth-order valence-electron chi connectivity index (χ4n) is 4.22. The summed E-state index contributed by atoms with van der Waals surface area (Å²) in [6, 6.07) is 7.64. The minimum Gasteiger partial charge on any atom is -0.495 e. The smallest absolute Gasteiger partial charge is 0.154 e. The topological polar surface area (TPSA) is 67.1 Å². The fraction of sp³-hybridized carbons (Fsp3) is 0.391. The third-order valence-corrected chi connectivity index (χ3v) is 6.13. The lowest BCUT2D eigenvalue weighted by Gasteiger charge is -2.17. The van der Waals surface area contributed by atoms with Gasteiger partial charge >= 0.3 is 0 Å². The maximum absolute atomic E-state index is 12.7. The molecule has 0 radical (unpaired) electrons. The van der Waals surface area contributed by atoms with Crippen LogP contribution in [0.3, 0.4) is 0 Å². The number of benzene rings is 1. The van der Waals surface area contributed by atoms with Crippen molar-refractivity contribution in [1.82, 2.24) is 14.3 Å². The number of aliphatic hydroxyl groups is 1. The highest BCUT2D eigenvalue weighted by atomic mass is 35.5. The average Bonchev–Trinajstić information content (AvgIpc) is 3.34. The lowest BCUT2D eigenvalue weighted by atomic mass is 10.0. The summed E-state index contributed by atoms with van der Waals surface area (Å²) in [6.45, 7) is 1.01. The van der Waals surface area contributed by atoms with E-state index >= 15 is 0 Å². The van der Waals surface area contributed by atoms with Crippen LogP contribution in [0.15, 0.2) is 36.7 Å². The van der Waals surface area contributed by atoms with Crippen LogP contribution in [0.25, 0.3) is 16.9 Å². The summed E-state index contributed by atoms with van der Waals surface area (Å²) in [7, 11) is 3.59. The number of halogens is 1. The zero-order valence-corrected chi connectivity index (χ0v) is 19.5. The number of nitrogens with zero attached hydrogens (tertiary/aromatic N) is 3. The Balaban J connectivity index is 0.00000272. The number of methoxy groups -OCH3 is 1. The van der Waals surface area contributed by atoms with E-state index in [-0.39, 0.29) is 31.9 Å². The third kappa shape index (κ3) is 4.90. The summed E-state index contributed by atoms with van der Waals surface area (Å²) < 4.78 is 7.25. The molecule has 1 aromatic carbocycles. The number of carbonyl (C=O) groups excluding carboxylic acids is 1. The zero-order valence-electron chi connectivity index (χ0n) is 17.8. The molecule has 31 heavy (non-hydrogen) atoms. The van der Waals surface area contributed by atoms with Gasteiger partial charge in [-0.25, -0.2) is 4.98 Å². The molecule has 1 aliphatic rings. The lowest BCUT2D eigenvalue weighted by molar-refractivity contribution is -0.122. The molecule has 0 saturated carbocycles. The first-order chi connectivity index (χ1) is 14.5. The van der Waals surface area contributed by atoms with Crippen molar-refractivity contribution in [3.63, 3.8) is 0 Å². The van der Waals surface area contributed by atoms with Crippen LogP contribution in [0.2, 0.25) is 5.02 Å². The second-order valence-electron chi connectivity index (χ2n) is 7.83. The Kier molecular flexibility index (Phi) is 7.64.